The van der Waals surface area contributed by atoms with Gasteiger partial charge in [-0.05, 0) is 56.6 Å². The van der Waals surface area contributed by atoms with Gasteiger partial charge in [0.1, 0.15) is 24.1 Å². The number of aromatic nitrogens is 3. The number of anilines is 1. The summed E-state index contributed by atoms with van der Waals surface area (Å²) in [5.74, 6) is -3.17. The summed E-state index contributed by atoms with van der Waals surface area (Å²) in [6, 6.07) is 5.54. The Kier molecular flexibility index (Phi) is 12.0. The third-order valence-electron chi connectivity index (χ3n) is 7.38. The van der Waals surface area contributed by atoms with E-state index in [0.29, 0.717) is 37.0 Å². The molecule has 4 rings (SSSR count). The number of benzene rings is 1. The second kappa shape index (κ2) is 15.8. The first-order chi connectivity index (χ1) is 23.6. The summed E-state index contributed by atoms with van der Waals surface area (Å²) in [5, 5.41) is 17.7. The standard InChI is InChI=1S/C28H38N10O10S2/c1-28(2)22(24(40)38(28)48-50(43,44)45)34-23(39)21(18-15-49-26(31)33-18)35-47-20(25(41)42)14-46-17-7-5-16(6-8-17)19-13-37(12-4-9-29)27(36(19)3)32-11-10-30/h5-8,13,15,20,22H,4,9-12,14,29-30H2,1-3H3,(H2,31,33)(H,34,39)(H,41,42)(H,43,44,45)/b32-27?,35-21-/t20?,22-/m1/s1. The number of nitrogens with two attached hydrogens (primary N) is 3. The van der Waals surface area contributed by atoms with Gasteiger partial charge in [-0.25, -0.2) is 9.78 Å². The van der Waals surface area contributed by atoms with E-state index in [-0.39, 0.29) is 10.8 Å². The lowest BCUT2D eigenvalue weighted by atomic mass is 9.84. The first kappa shape index (κ1) is 37.9. The van der Waals surface area contributed by atoms with Gasteiger partial charge in [0, 0.05) is 31.7 Å². The van der Waals surface area contributed by atoms with E-state index >= 15 is 0 Å². The number of nitrogens with zero attached hydrogens (tertiary/aromatic N) is 6. The average molecular weight is 739 g/mol. The molecule has 0 saturated carbocycles. The van der Waals surface area contributed by atoms with Crippen molar-refractivity contribution in [1.29, 1.82) is 0 Å². The molecule has 2 atom stereocenters. The number of nitrogens with one attached hydrogen (secondary N) is 1. The van der Waals surface area contributed by atoms with Gasteiger partial charge in [-0.15, -0.1) is 15.6 Å². The van der Waals surface area contributed by atoms with Crippen LogP contribution in [0.2, 0.25) is 0 Å². The number of carbonyl (C=O) groups is 3. The minimum Gasteiger partial charge on any atom is -0.489 e. The van der Waals surface area contributed by atoms with Gasteiger partial charge in [0.25, 0.3) is 17.9 Å². The van der Waals surface area contributed by atoms with Crippen LogP contribution in [0, 0.1) is 0 Å². The highest BCUT2D eigenvalue weighted by molar-refractivity contribution is 7.80. The Hall–Kier alpha value is -4.87. The highest BCUT2D eigenvalue weighted by atomic mass is 32.3. The summed E-state index contributed by atoms with van der Waals surface area (Å²) in [4.78, 5) is 51.6. The van der Waals surface area contributed by atoms with Gasteiger partial charge in [-0.1, -0.05) is 5.16 Å². The summed E-state index contributed by atoms with van der Waals surface area (Å²) in [5.41, 5.74) is 17.4. The molecule has 20 nitrogen and oxygen atoms in total. The molecule has 1 fully saturated rings. The summed E-state index contributed by atoms with van der Waals surface area (Å²) in [6.45, 7) is 4.26. The number of aliphatic carboxylic acids is 1. The molecule has 9 N–H and O–H groups in total. The Labute approximate surface area is 290 Å². The number of hydrogen-bond acceptors (Lipinski definition) is 15. The Morgan fingerprint density at radius 1 is 1.20 bits per heavy atom. The highest BCUT2D eigenvalue weighted by Gasteiger charge is 2.58. The molecule has 0 radical (unpaired) electrons. The SMILES string of the molecule is Cn1c(-c2ccc(OCC(O/N=C(\C(=O)N[C@@H]3C(=O)N(OS(=O)(=O)O)C3(C)C)c3csc(N)n3)C(=O)O)cc2)cn(CCCN)c1=NCCN. The molecule has 2 amide bonds. The van der Waals surface area contributed by atoms with Crippen molar-refractivity contribution in [2.45, 2.75) is 44.5 Å². The van der Waals surface area contributed by atoms with E-state index in [1.165, 1.54) is 19.2 Å². The molecular formula is C28H38N10O10S2. The Balaban J connectivity index is 1.48. The predicted molar refractivity (Wildman–Crippen MR) is 179 cm³/mol. The number of ether oxygens (including phenoxy) is 1. The van der Waals surface area contributed by atoms with Gasteiger partial charge in [0.15, 0.2) is 10.8 Å². The lowest BCUT2D eigenvalue weighted by Crippen LogP contribution is -2.76. The highest BCUT2D eigenvalue weighted by Crippen LogP contribution is 2.33. The van der Waals surface area contributed by atoms with Crippen LogP contribution in [0.5, 0.6) is 5.75 Å². The molecule has 1 aromatic carbocycles. The third kappa shape index (κ3) is 8.83. The first-order valence-electron chi connectivity index (χ1n) is 15.0. The zero-order valence-electron chi connectivity index (χ0n) is 27.3. The van der Waals surface area contributed by atoms with E-state index in [2.05, 4.69) is 24.7 Å². The van der Waals surface area contributed by atoms with Crippen molar-refractivity contribution in [1.82, 2.24) is 24.5 Å². The quantitative estimate of drug-likeness (QED) is 0.0412. The van der Waals surface area contributed by atoms with Crippen LogP contribution in [0.25, 0.3) is 11.3 Å². The summed E-state index contributed by atoms with van der Waals surface area (Å²) < 4.78 is 45.1. The second-order valence-corrected chi connectivity index (χ2v) is 13.2. The number of hydroxylamine groups is 2. The van der Waals surface area contributed by atoms with Crippen LogP contribution in [0.15, 0.2) is 46.0 Å². The van der Waals surface area contributed by atoms with Crippen molar-refractivity contribution < 1.29 is 46.3 Å². The molecule has 1 unspecified atom stereocenters. The fourth-order valence-electron chi connectivity index (χ4n) is 4.83. The van der Waals surface area contributed by atoms with Crippen LogP contribution < -0.4 is 32.9 Å². The second-order valence-electron chi connectivity index (χ2n) is 11.4. The molecule has 2 aromatic heterocycles. The number of rotatable bonds is 17. The van der Waals surface area contributed by atoms with Gasteiger partial charge in [-0.3, -0.25) is 19.1 Å². The summed E-state index contributed by atoms with van der Waals surface area (Å²) in [7, 11) is -3.14. The van der Waals surface area contributed by atoms with Gasteiger partial charge >= 0.3 is 16.4 Å². The molecule has 1 saturated heterocycles. The molecule has 0 bridgehead atoms. The number of oxime groups is 1. The van der Waals surface area contributed by atoms with Gasteiger partial charge in [-0.2, -0.15) is 13.5 Å². The molecule has 0 spiro atoms. The fraction of sp³-hybridized carbons (Fsp3) is 0.429. The molecule has 3 aromatic rings. The lowest BCUT2D eigenvalue weighted by Gasteiger charge is -2.50. The number of aryl methyl sites for hydroxylation is 1. The normalized spacial score (nSPS) is 17.0. The largest absolute Gasteiger partial charge is 0.489 e. The monoisotopic (exact) mass is 738 g/mol. The molecular weight excluding hydrogens is 701 g/mol. The van der Waals surface area contributed by atoms with Crippen LogP contribution in [-0.4, -0.2) is 105 Å². The number of thiazole rings is 1. The van der Waals surface area contributed by atoms with Crippen molar-refractivity contribution in [2.75, 3.05) is 32.0 Å². The fourth-order valence-corrected chi connectivity index (χ4v) is 5.83. The van der Waals surface area contributed by atoms with Crippen LogP contribution in [0.4, 0.5) is 5.13 Å². The zero-order valence-corrected chi connectivity index (χ0v) is 28.9. The predicted octanol–water partition coefficient (Wildman–Crippen LogP) is -1.17. The van der Waals surface area contributed by atoms with E-state index in [4.69, 9.17) is 31.3 Å². The number of amides is 2. The smallest absolute Gasteiger partial charge is 0.418 e. The average Bonchev–Trinajstić information content (AvgIpc) is 3.63. The maximum Gasteiger partial charge on any atom is 0.418 e. The molecule has 0 aliphatic carbocycles. The third-order valence-corrected chi connectivity index (χ3v) is 8.39. The minimum atomic E-state index is -5.03. The summed E-state index contributed by atoms with van der Waals surface area (Å²) in [6.07, 6.45) is 1.02. The molecule has 50 heavy (non-hydrogen) atoms. The molecule has 1 aliphatic rings. The summed E-state index contributed by atoms with van der Waals surface area (Å²) >= 11 is 0.954. The molecule has 22 heteroatoms. The lowest BCUT2D eigenvalue weighted by molar-refractivity contribution is -0.218. The van der Waals surface area contributed by atoms with Crippen molar-refractivity contribution in [3.05, 3.63) is 47.2 Å². The van der Waals surface area contributed by atoms with Crippen molar-refractivity contribution in [3.63, 3.8) is 0 Å². The van der Waals surface area contributed by atoms with E-state index in [1.54, 1.807) is 24.3 Å². The molecule has 3 heterocycles. The van der Waals surface area contributed by atoms with E-state index in [9.17, 15) is 27.9 Å². The van der Waals surface area contributed by atoms with Gasteiger partial charge in [0.05, 0.1) is 17.8 Å². The number of carboxylic acids is 1. The Morgan fingerprint density at radius 2 is 1.90 bits per heavy atom. The minimum absolute atomic E-state index is 0.0525. The number of imidazole rings is 1. The van der Waals surface area contributed by atoms with Crippen LogP contribution in [0.1, 0.15) is 26.0 Å². The van der Waals surface area contributed by atoms with Crippen molar-refractivity contribution in [2.24, 2.45) is 28.7 Å². The zero-order chi connectivity index (χ0) is 36.8. The van der Waals surface area contributed by atoms with Crippen LogP contribution in [0.3, 0.4) is 0 Å². The van der Waals surface area contributed by atoms with Crippen LogP contribution >= 0.6 is 11.3 Å². The number of nitrogen functional groups attached to an aromatic ring is 1. The maximum atomic E-state index is 13.3. The maximum absolute atomic E-state index is 13.3. The number of β-lactam (4-membered cyclic amide) rings is 1. The van der Waals surface area contributed by atoms with E-state index in [1.807, 2.05) is 22.4 Å². The van der Waals surface area contributed by atoms with E-state index in [0.717, 1.165) is 34.6 Å². The van der Waals surface area contributed by atoms with Gasteiger partial charge in [0.2, 0.25) is 5.62 Å². The topological polar surface area (TPSA) is 294 Å². The van der Waals surface area contributed by atoms with Gasteiger partial charge < -0.3 is 46.3 Å². The van der Waals surface area contributed by atoms with Crippen molar-refractivity contribution in [3.8, 4) is 17.0 Å². The number of hydrogen-bond donors (Lipinski definition) is 6. The van der Waals surface area contributed by atoms with E-state index < -0.39 is 58.2 Å². The first-order valence-corrected chi connectivity index (χ1v) is 17.2. The number of carbonyl (C=O) groups excluding carboxylic acids is 2. The number of carboxylic acid groups (broad SMARTS) is 1. The molecule has 272 valence electrons. The van der Waals surface area contributed by atoms with Crippen LogP contribution in [-0.2, 0) is 47.5 Å². The Morgan fingerprint density at radius 3 is 2.46 bits per heavy atom. The van der Waals surface area contributed by atoms with Crippen molar-refractivity contribution >= 4 is 50.4 Å². The Bertz CT molecular complexity index is 1920. The molecule has 1 aliphatic heterocycles.